The Bertz CT molecular complexity index is 174. The highest BCUT2D eigenvalue weighted by atomic mass is 16.5. The molecule has 0 saturated carbocycles. The molecule has 0 atom stereocenters. The minimum Gasteiger partial charge on any atom is -0.371 e. The molecule has 0 aromatic heterocycles. The number of ketones is 1. The molecule has 0 rings (SSSR count). The largest absolute Gasteiger partial charge is 0.371 e. The second-order valence-electron chi connectivity index (χ2n) is 3.30. The van der Waals surface area contributed by atoms with Gasteiger partial charge in [0, 0.05) is 7.11 Å². The first-order chi connectivity index (χ1) is 4.90. The number of rotatable bonds is 3. The molecule has 0 amide bonds. The van der Waals surface area contributed by atoms with Crippen molar-refractivity contribution in [2.45, 2.75) is 33.3 Å². The first kappa shape index (κ1) is 10.4. The summed E-state index contributed by atoms with van der Waals surface area (Å²) in [7, 11) is 1.54. The van der Waals surface area contributed by atoms with E-state index in [0.29, 0.717) is 0 Å². The Hall–Kier alpha value is -0.630. The maximum atomic E-state index is 11.3. The zero-order valence-electron chi connectivity index (χ0n) is 7.89. The molecule has 0 aromatic rings. The van der Waals surface area contributed by atoms with Gasteiger partial charge in [0.1, 0.15) is 5.60 Å². The maximum absolute atomic E-state index is 11.3. The second kappa shape index (κ2) is 3.67. The Kier molecular flexibility index (Phi) is 3.46. The van der Waals surface area contributed by atoms with Crippen LogP contribution in [-0.2, 0) is 9.53 Å². The van der Waals surface area contributed by atoms with Gasteiger partial charge in [-0.15, -0.1) is 0 Å². The second-order valence-corrected chi connectivity index (χ2v) is 3.30. The molecule has 0 saturated heterocycles. The van der Waals surface area contributed by atoms with Crippen LogP contribution in [0.5, 0.6) is 0 Å². The molecular weight excluding hydrogens is 140 g/mol. The van der Waals surface area contributed by atoms with Gasteiger partial charge >= 0.3 is 0 Å². The van der Waals surface area contributed by atoms with E-state index in [1.807, 2.05) is 13.8 Å². The molecule has 0 unspecified atom stereocenters. The number of allylic oxidation sites excluding steroid dienone is 1. The van der Waals surface area contributed by atoms with Crippen LogP contribution < -0.4 is 0 Å². The molecule has 0 heterocycles. The SMILES string of the molecule is COC(C)(C)C(=O)C=C(C)C. The van der Waals surface area contributed by atoms with Gasteiger partial charge in [-0.2, -0.15) is 0 Å². The molecule has 0 N–H and O–H groups in total. The number of carbonyl (C=O) groups is 1. The van der Waals surface area contributed by atoms with Crippen LogP contribution in [0.2, 0.25) is 0 Å². The maximum Gasteiger partial charge on any atom is 0.186 e. The minimum atomic E-state index is -0.683. The van der Waals surface area contributed by atoms with E-state index in [1.54, 1.807) is 19.9 Å². The van der Waals surface area contributed by atoms with Gasteiger partial charge in [0.15, 0.2) is 5.78 Å². The Morgan fingerprint density at radius 3 is 2.09 bits per heavy atom. The molecule has 2 heteroatoms. The van der Waals surface area contributed by atoms with Gasteiger partial charge in [-0.1, -0.05) is 5.57 Å². The van der Waals surface area contributed by atoms with Crippen molar-refractivity contribution < 1.29 is 9.53 Å². The molecule has 0 bridgehead atoms. The highest BCUT2D eigenvalue weighted by Gasteiger charge is 2.24. The Balaban J connectivity index is 4.37. The predicted molar refractivity (Wildman–Crippen MR) is 45.5 cm³/mol. The van der Waals surface area contributed by atoms with Crippen molar-refractivity contribution in [2.75, 3.05) is 7.11 Å². The van der Waals surface area contributed by atoms with Gasteiger partial charge in [-0.3, -0.25) is 4.79 Å². The van der Waals surface area contributed by atoms with Gasteiger partial charge in [0.2, 0.25) is 0 Å². The standard InChI is InChI=1S/C9H16O2/c1-7(2)6-8(10)9(3,4)11-5/h6H,1-5H3. The summed E-state index contributed by atoms with van der Waals surface area (Å²) in [6, 6.07) is 0. The molecule has 0 aliphatic carbocycles. The highest BCUT2D eigenvalue weighted by Crippen LogP contribution is 2.10. The number of ether oxygens (including phenoxy) is 1. The van der Waals surface area contributed by atoms with E-state index in [2.05, 4.69) is 0 Å². The van der Waals surface area contributed by atoms with E-state index >= 15 is 0 Å². The van der Waals surface area contributed by atoms with Crippen LogP contribution in [0, 0.1) is 0 Å². The lowest BCUT2D eigenvalue weighted by molar-refractivity contribution is -0.131. The average molecular weight is 156 g/mol. The zero-order valence-corrected chi connectivity index (χ0v) is 7.89. The molecule has 64 valence electrons. The molecule has 0 aromatic carbocycles. The van der Waals surface area contributed by atoms with Crippen LogP contribution in [0.3, 0.4) is 0 Å². The third kappa shape index (κ3) is 3.33. The van der Waals surface area contributed by atoms with Crippen LogP contribution in [0.25, 0.3) is 0 Å². The van der Waals surface area contributed by atoms with E-state index < -0.39 is 5.60 Å². The Morgan fingerprint density at radius 1 is 1.36 bits per heavy atom. The first-order valence-electron chi connectivity index (χ1n) is 3.64. The molecule has 0 spiro atoms. The number of hydrogen-bond donors (Lipinski definition) is 0. The predicted octanol–water partition coefficient (Wildman–Crippen LogP) is 1.95. The summed E-state index contributed by atoms with van der Waals surface area (Å²) < 4.78 is 5.01. The van der Waals surface area contributed by atoms with Crippen LogP contribution in [0.1, 0.15) is 27.7 Å². The smallest absolute Gasteiger partial charge is 0.186 e. The fourth-order valence-corrected chi connectivity index (χ4v) is 0.537. The van der Waals surface area contributed by atoms with Crippen LogP contribution in [0.15, 0.2) is 11.6 Å². The van der Waals surface area contributed by atoms with E-state index in [4.69, 9.17) is 4.74 Å². The van der Waals surface area contributed by atoms with Crippen molar-refractivity contribution in [3.05, 3.63) is 11.6 Å². The van der Waals surface area contributed by atoms with E-state index in [-0.39, 0.29) is 5.78 Å². The van der Waals surface area contributed by atoms with Crippen molar-refractivity contribution in [3.63, 3.8) is 0 Å². The summed E-state index contributed by atoms with van der Waals surface area (Å²) in [6.45, 7) is 7.30. The number of hydrogen-bond acceptors (Lipinski definition) is 2. The van der Waals surface area contributed by atoms with Crippen molar-refractivity contribution >= 4 is 5.78 Å². The summed E-state index contributed by atoms with van der Waals surface area (Å²) in [6.07, 6.45) is 1.60. The number of methoxy groups -OCH3 is 1. The molecule has 2 nitrogen and oxygen atoms in total. The molecule has 0 aliphatic rings. The lowest BCUT2D eigenvalue weighted by atomic mass is 10.0. The lowest BCUT2D eigenvalue weighted by Crippen LogP contribution is -2.32. The van der Waals surface area contributed by atoms with E-state index in [0.717, 1.165) is 5.57 Å². The Labute approximate surface area is 68.2 Å². The number of carbonyl (C=O) groups excluding carboxylic acids is 1. The summed E-state index contributed by atoms with van der Waals surface area (Å²) in [4.78, 5) is 11.3. The van der Waals surface area contributed by atoms with Gasteiger partial charge in [0.05, 0.1) is 0 Å². The molecule has 11 heavy (non-hydrogen) atoms. The highest BCUT2D eigenvalue weighted by molar-refractivity contribution is 5.96. The first-order valence-corrected chi connectivity index (χ1v) is 3.64. The minimum absolute atomic E-state index is 0.0139. The fraction of sp³-hybridized carbons (Fsp3) is 0.667. The van der Waals surface area contributed by atoms with Crippen molar-refractivity contribution in [1.82, 2.24) is 0 Å². The third-order valence-corrected chi connectivity index (χ3v) is 1.52. The monoisotopic (exact) mass is 156 g/mol. The Morgan fingerprint density at radius 2 is 1.82 bits per heavy atom. The zero-order chi connectivity index (χ0) is 9.07. The van der Waals surface area contributed by atoms with Crippen LogP contribution >= 0.6 is 0 Å². The summed E-state index contributed by atoms with van der Waals surface area (Å²) in [5.41, 5.74) is 0.317. The van der Waals surface area contributed by atoms with Crippen molar-refractivity contribution in [1.29, 1.82) is 0 Å². The molecular formula is C9H16O2. The van der Waals surface area contributed by atoms with E-state index in [9.17, 15) is 4.79 Å². The van der Waals surface area contributed by atoms with Crippen LogP contribution in [0.4, 0.5) is 0 Å². The molecule has 0 radical (unpaired) electrons. The molecule has 0 aliphatic heterocycles. The van der Waals surface area contributed by atoms with Gasteiger partial charge in [-0.25, -0.2) is 0 Å². The summed E-state index contributed by atoms with van der Waals surface area (Å²) >= 11 is 0. The normalized spacial score (nSPS) is 11.0. The van der Waals surface area contributed by atoms with Crippen molar-refractivity contribution in [2.24, 2.45) is 0 Å². The molecule has 0 fully saturated rings. The lowest BCUT2D eigenvalue weighted by Gasteiger charge is -2.18. The average Bonchev–Trinajstić information content (AvgIpc) is 1.86. The third-order valence-electron chi connectivity index (χ3n) is 1.52. The summed E-state index contributed by atoms with van der Waals surface area (Å²) in [5, 5.41) is 0. The van der Waals surface area contributed by atoms with E-state index in [1.165, 1.54) is 7.11 Å². The van der Waals surface area contributed by atoms with Gasteiger partial charge in [0.25, 0.3) is 0 Å². The summed E-state index contributed by atoms with van der Waals surface area (Å²) in [5.74, 6) is 0.0139. The topological polar surface area (TPSA) is 26.3 Å². The van der Waals surface area contributed by atoms with Gasteiger partial charge in [-0.05, 0) is 33.8 Å². The quantitative estimate of drug-likeness (QED) is 0.584. The van der Waals surface area contributed by atoms with Gasteiger partial charge < -0.3 is 4.74 Å². The van der Waals surface area contributed by atoms with Crippen molar-refractivity contribution in [3.8, 4) is 0 Å². The van der Waals surface area contributed by atoms with Crippen LogP contribution in [-0.4, -0.2) is 18.5 Å². The fourth-order valence-electron chi connectivity index (χ4n) is 0.537.